The number of nitrogens with one attached hydrogen (secondary N) is 1. The van der Waals surface area contributed by atoms with E-state index >= 15 is 0 Å². The van der Waals surface area contributed by atoms with Gasteiger partial charge >= 0.3 is 13.2 Å². The van der Waals surface area contributed by atoms with Crippen LogP contribution >= 0.6 is 0 Å². The maximum absolute atomic E-state index is 12.9. The summed E-state index contributed by atoms with van der Waals surface area (Å²) in [6.07, 6.45) is 1.46. The Morgan fingerprint density at radius 2 is 1.59 bits per heavy atom. The van der Waals surface area contributed by atoms with E-state index < -0.39 is 24.4 Å². The first-order valence-electron chi connectivity index (χ1n) is 13.3. The van der Waals surface area contributed by atoms with Crippen LogP contribution in [0.2, 0.25) is 0 Å². The Morgan fingerprint density at radius 1 is 1.00 bits per heavy atom. The summed E-state index contributed by atoms with van der Waals surface area (Å²) in [4.78, 5) is 12.9. The van der Waals surface area contributed by atoms with Gasteiger partial charge in [0.25, 0.3) is 0 Å². The van der Waals surface area contributed by atoms with Gasteiger partial charge in [-0.1, -0.05) is 60.7 Å². The third kappa shape index (κ3) is 5.23. The zero-order valence-corrected chi connectivity index (χ0v) is 23.1. The van der Waals surface area contributed by atoms with E-state index in [0.717, 1.165) is 16.6 Å². The lowest BCUT2D eigenvalue weighted by molar-refractivity contribution is 0.00578. The Hall–Kier alpha value is -3.86. The summed E-state index contributed by atoms with van der Waals surface area (Å²) < 4.78 is 18.3. The Morgan fingerprint density at radius 3 is 2.15 bits per heavy atom. The van der Waals surface area contributed by atoms with Crippen molar-refractivity contribution < 1.29 is 18.8 Å². The van der Waals surface area contributed by atoms with Crippen LogP contribution in [0.5, 0.6) is 0 Å². The number of amides is 1. The van der Waals surface area contributed by atoms with Gasteiger partial charge in [-0.15, -0.1) is 0 Å². The second kappa shape index (κ2) is 10.4. The minimum Gasteiger partial charge on any atom is -0.449 e. The summed E-state index contributed by atoms with van der Waals surface area (Å²) in [6, 6.07) is 24.2. The van der Waals surface area contributed by atoms with Crippen molar-refractivity contribution in [3.8, 4) is 17.2 Å². The van der Waals surface area contributed by atoms with Crippen LogP contribution in [-0.4, -0.2) is 37.6 Å². The summed E-state index contributed by atoms with van der Waals surface area (Å²) in [5, 5.41) is 12.1. The predicted octanol–water partition coefficient (Wildman–Crippen LogP) is 6.42. The smallest absolute Gasteiger partial charge is 0.449 e. The largest absolute Gasteiger partial charge is 0.492 e. The molecule has 1 heterocycles. The summed E-state index contributed by atoms with van der Waals surface area (Å²) in [5.41, 5.74) is 6.88. The monoisotopic (exact) mass is 520 g/mol. The molecule has 0 unspecified atom stereocenters. The van der Waals surface area contributed by atoms with Crippen LogP contribution in [-0.2, 0) is 14.0 Å². The SMILES string of the molecule is Cc1cc(C#N)ccc1C=C(CNC(=O)OCC1c2ccccc2-c2ccccc21)B1OC(C)(C)C(C)(C)O1. The van der Waals surface area contributed by atoms with Gasteiger partial charge in [0, 0.05) is 12.5 Å². The molecule has 1 aliphatic heterocycles. The molecule has 2 aliphatic rings. The molecule has 1 aliphatic carbocycles. The van der Waals surface area contributed by atoms with Crippen LogP contribution < -0.4 is 5.32 Å². The molecule has 0 bridgehead atoms. The molecule has 6 nitrogen and oxygen atoms in total. The predicted molar refractivity (Wildman–Crippen MR) is 153 cm³/mol. The van der Waals surface area contributed by atoms with E-state index in [4.69, 9.17) is 14.0 Å². The van der Waals surface area contributed by atoms with Crippen molar-refractivity contribution in [3.05, 3.63) is 100 Å². The zero-order valence-electron chi connectivity index (χ0n) is 23.1. The lowest BCUT2D eigenvalue weighted by Crippen LogP contribution is -2.41. The molecule has 198 valence electrons. The molecular formula is C32H33BN2O4. The average Bonchev–Trinajstić information content (AvgIpc) is 3.35. The molecule has 5 rings (SSSR count). The topological polar surface area (TPSA) is 80.6 Å². The van der Waals surface area contributed by atoms with Gasteiger partial charge in [-0.3, -0.25) is 0 Å². The molecule has 0 radical (unpaired) electrons. The van der Waals surface area contributed by atoms with Crippen molar-refractivity contribution in [1.29, 1.82) is 5.26 Å². The highest BCUT2D eigenvalue weighted by Gasteiger charge is 2.52. The fourth-order valence-corrected chi connectivity index (χ4v) is 5.13. The zero-order chi connectivity index (χ0) is 27.8. The van der Waals surface area contributed by atoms with E-state index in [1.54, 1.807) is 6.07 Å². The molecule has 0 spiro atoms. The van der Waals surface area contributed by atoms with Gasteiger partial charge < -0.3 is 19.4 Å². The molecule has 39 heavy (non-hydrogen) atoms. The number of rotatable bonds is 6. The van der Waals surface area contributed by atoms with Crippen LogP contribution in [0.1, 0.15) is 61.4 Å². The lowest BCUT2D eigenvalue weighted by Gasteiger charge is -2.32. The number of alkyl carbamates (subject to hydrolysis) is 1. The second-order valence-corrected chi connectivity index (χ2v) is 11.2. The quantitative estimate of drug-likeness (QED) is 0.380. The van der Waals surface area contributed by atoms with E-state index in [0.29, 0.717) is 5.56 Å². The number of fused-ring (bicyclic) bond motifs is 3. The van der Waals surface area contributed by atoms with E-state index in [-0.39, 0.29) is 19.1 Å². The number of aryl methyl sites for hydroxylation is 1. The van der Waals surface area contributed by atoms with Crippen LogP contribution in [0.25, 0.3) is 17.2 Å². The number of nitriles is 1. The highest BCUT2D eigenvalue weighted by atomic mass is 16.7. The first-order valence-corrected chi connectivity index (χ1v) is 13.3. The van der Waals surface area contributed by atoms with E-state index in [1.807, 2.05) is 77.1 Å². The minimum absolute atomic E-state index is 0.0115. The number of hydrogen-bond acceptors (Lipinski definition) is 5. The number of benzene rings is 3. The van der Waals surface area contributed by atoms with Gasteiger partial charge in [0.1, 0.15) is 6.61 Å². The van der Waals surface area contributed by atoms with Crippen LogP contribution in [0.3, 0.4) is 0 Å². The third-order valence-corrected chi connectivity index (χ3v) is 8.08. The van der Waals surface area contributed by atoms with Crippen LogP contribution in [0, 0.1) is 18.3 Å². The number of nitrogens with zero attached hydrogens (tertiary/aromatic N) is 1. The van der Waals surface area contributed by atoms with Crippen molar-refractivity contribution in [1.82, 2.24) is 5.32 Å². The molecule has 1 N–H and O–H groups in total. The first-order chi connectivity index (χ1) is 18.6. The summed E-state index contributed by atoms with van der Waals surface area (Å²) in [7, 11) is -0.640. The lowest BCUT2D eigenvalue weighted by atomic mass is 9.76. The van der Waals surface area contributed by atoms with Crippen molar-refractivity contribution in [2.45, 2.75) is 51.7 Å². The van der Waals surface area contributed by atoms with Gasteiger partial charge in [0.2, 0.25) is 0 Å². The Bertz CT molecular complexity index is 1430. The van der Waals surface area contributed by atoms with Crippen molar-refractivity contribution in [2.75, 3.05) is 13.2 Å². The Kier molecular flexibility index (Phi) is 7.11. The molecule has 0 aromatic heterocycles. The normalized spacial score (nSPS) is 17.3. The molecule has 1 saturated heterocycles. The highest BCUT2D eigenvalue weighted by Crippen LogP contribution is 2.44. The van der Waals surface area contributed by atoms with Crippen molar-refractivity contribution >= 4 is 19.3 Å². The van der Waals surface area contributed by atoms with Gasteiger partial charge in [0.05, 0.1) is 22.8 Å². The summed E-state index contributed by atoms with van der Waals surface area (Å²) in [6.45, 7) is 10.4. The fourth-order valence-electron chi connectivity index (χ4n) is 5.13. The summed E-state index contributed by atoms with van der Waals surface area (Å²) in [5.74, 6) is -0.0115. The van der Waals surface area contributed by atoms with E-state index in [1.165, 1.54) is 22.3 Å². The third-order valence-electron chi connectivity index (χ3n) is 8.08. The average molecular weight is 520 g/mol. The Balaban J connectivity index is 1.32. The van der Waals surface area contributed by atoms with Gasteiger partial charge in [-0.2, -0.15) is 5.26 Å². The molecule has 3 aromatic rings. The molecular weight excluding hydrogens is 487 g/mol. The number of carbonyl (C=O) groups is 1. The molecule has 1 fully saturated rings. The molecule has 0 saturated carbocycles. The minimum atomic E-state index is -0.640. The number of hydrogen-bond donors (Lipinski definition) is 1. The fraction of sp³-hybridized carbons (Fsp3) is 0.312. The van der Waals surface area contributed by atoms with Crippen LogP contribution in [0.15, 0.2) is 72.2 Å². The molecule has 1 amide bonds. The van der Waals surface area contributed by atoms with E-state index in [9.17, 15) is 10.1 Å². The Labute approximate surface area is 230 Å². The molecule has 7 heteroatoms. The van der Waals surface area contributed by atoms with Crippen molar-refractivity contribution in [2.24, 2.45) is 0 Å². The van der Waals surface area contributed by atoms with Crippen LogP contribution in [0.4, 0.5) is 4.79 Å². The maximum atomic E-state index is 12.9. The van der Waals surface area contributed by atoms with Crippen molar-refractivity contribution in [3.63, 3.8) is 0 Å². The molecule has 3 aromatic carbocycles. The number of ether oxygens (including phenoxy) is 1. The standard InChI is InChI=1S/C32H33BN2O4/c1-21-16-22(18-34)14-15-23(21)17-24(33-38-31(2,3)32(4,5)39-33)19-35-30(36)37-20-29-27-12-8-6-10-25(27)26-11-7-9-13-28(26)29/h6-17,29H,19-20H2,1-5H3,(H,35,36). The first kappa shape index (κ1) is 26.7. The van der Waals surface area contributed by atoms with Gasteiger partial charge in [-0.05, 0) is 85.6 Å². The van der Waals surface area contributed by atoms with Gasteiger partial charge in [-0.25, -0.2) is 4.79 Å². The highest BCUT2D eigenvalue weighted by molar-refractivity contribution is 6.56. The maximum Gasteiger partial charge on any atom is 0.492 e. The second-order valence-electron chi connectivity index (χ2n) is 11.2. The summed E-state index contributed by atoms with van der Waals surface area (Å²) >= 11 is 0. The molecule has 0 atom stereocenters. The number of carbonyl (C=O) groups excluding carboxylic acids is 1. The van der Waals surface area contributed by atoms with Gasteiger partial charge in [0.15, 0.2) is 0 Å². The van der Waals surface area contributed by atoms with E-state index in [2.05, 4.69) is 35.7 Å².